The van der Waals surface area contributed by atoms with Crippen molar-refractivity contribution in [2.75, 3.05) is 27.8 Å². The van der Waals surface area contributed by atoms with Crippen LogP contribution < -0.4 is 10.1 Å². The van der Waals surface area contributed by atoms with Crippen LogP contribution in [0.2, 0.25) is 5.02 Å². The van der Waals surface area contributed by atoms with Crippen molar-refractivity contribution in [1.82, 2.24) is 5.32 Å². The van der Waals surface area contributed by atoms with Gasteiger partial charge in [0.15, 0.2) is 6.29 Å². The molecule has 5 nitrogen and oxygen atoms in total. The van der Waals surface area contributed by atoms with Gasteiger partial charge in [0.25, 0.3) is 0 Å². The van der Waals surface area contributed by atoms with Gasteiger partial charge in [-0.05, 0) is 44.3 Å². The molecule has 1 aliphatic carbocycles. The molecule has 9 heteroatoms. The van der Waals surface area contributed by atoms with E-state index in [1.807, 2.05) is 14.1 Å². The van der Waals surface area contributed by atoms with Crippen LogP contribution in [-0.4, -0.2) is 39.8 Å². The van der Waals surface area contributed by atoms with Crippen molar-refractivity contribution in [1.29, 1.82) is 0 Å². The summed E-state index contributed by atoms with van der Waals surface area (Å²) in [4.78, 5) is 16.0. The summed E-state index contributed by atoms with van der Waals surface area (Å²) in [7, 11) is 5.08. The number of aryl methyl sites for hydroxylation is 1. The Kier molecular flexibility index (Phi) is 10.3. The largest absolute Gasteiger partial charge is 0.488 e. The van der Waals surface area contributed by atoms with E-state index in [9.17, 15) is 18.0 Å². The van der Waals surface area contributed by atoms with E-state index in [0.717, 1.165) is 6.07 Å². The average Bonchev–Trinajstić information content (AvgIpc) is 2.91. The van der Waals surface area contributed by atoms with Gasteiger partial charge in [-0.3, -0.25) is 4.79 Å². The molecule has 0 radical (unpaired) electrons. The van der Waals surface area contributed by atoms with Gasteiger partial charge in [-0.15, -0.1) is 0 Å². The van der Waals surface area contributed by atoms with Crippen LogP contribution in [0.15, 0.2) is 53.2 Å². The Bertz CT molecular complexity index is 847. The van der Waals surface area contributed by atoms with Crippen LogP contribution in [-0.2, 0) is 15.8 Å². The number of carbonyl (C=O) groups is 1. The van der Waals surface area contributed by atoms with Gasteiger partial charge < -0.3 is 14.9 Å². The van der Waals surface area contributed by atoms with Gasteiger partial charge in [-0.2, -0.15) is 13.2 Å². The molecule has 0 bridgehead atoms. The fourth-order valence-corrected chi connectivity index (χ4v) is 2.78. The second-order valence-corrected chi connectivity index (χ2v) is 6.60. The lowest BCUT2D eigenvalue weighted by Gasteiger charge is -2.18. The van der Waals surface area contributed by atoms with Crippen LogP contribution in [0.1, 0.15) is 11.1 Å². The molecular weight excluding hydrogens is 421 g/mol. The molecule has 1 aliphatic rings. The van der Waals surface area contributed by atoms with Crippen molar-refractivity contribution in [3.63, 3.8) is 0 Å². The monoisotopic (exact) mass is 444 g/mol. The lowest BCUT2D eigenvalue weighted by Crippen LogP contribution is -2.20. The Hall–Kier alpha value is -2.58. The maximum atomic E-state index is 13.0. The van der Waals surface area contributed by atoms with Crippen molar-refractivity contribution in [3.05, 3.63) is 64.2 Å². The van der Waals surface area contributed by atoms with Crippen LogP contribution >= 0.6 is 11.6 Å². The molecule has 0 amide bonds. The first-order chi connectivity index (χ1) is 14.2. The fourth-order valence-electron chi connectivity index (χ4n) is 2.56. The third-order valence-corrected chi connectivity index (χ3v) is 4.15. The number of allylic oxidation sites excluding steroid dienone is 5. The molecule has 0 fully saturated rings. The van der Waals surface area contributed by atoms with Crippen molar-refractivity contribution in [2.45, 2.75) is 13.1 Å². The van der Waals surface area contributed by atoms with Gasteiger partial charge >= 0.3 is 6.18 Å². The maximum Gasteiger partial charge on any atom is 0.416 e. The summed E-state index contributed by atoms with van der Waals surface area (Å²) in [5, 5.41) is 6.31. The van der Waals surface area contributed by atoms with E-state index >= 15 is 0 Å². The Labute approximate surface area is 178 Å². The molecule has 30 heavy (non-hydrogen) atoms. The second-order valence-electron chi connectivity index (χ2n) is 6.19. The number of aldehydes is 1. The smallest absolute Gasteiger partial charge is 0.416 e. The van der Waals surface area contributed by atoms with Crippen molar-refractivity contribution >= 4 is 23.6 Å². The van der Waals surface area contributed by atoms with Gasteiger partial charge in [0, 0.05) is 0 Å². The standard InChI is InChI=1S/C19H17ClF3NO3.C2H7N/c1-12-8-18(16(20)9-15(12)19(21,22)23)27-11-13-6-4-3-5-7-14(13)17(10-25)24-26-2;1-3-2/h3-10,14H,11H2,1-2H3;3H,1-2H3/b24-17-;. The molecule has 164 valence electrons. The van der Waals surface area contributed by atoms with E-state index in [0.29, 0.717) is 11.9 Å². The molecule has 0 heterocycles. The van der Waals surface area contributed by atoms with Crippen LogP contribution in [0.3, 0.4) is 0 Å². The lowest BCUT2D eigenvalue weighted by molar-refractivity contribution is -0.138. The molecular formula is C21H24ClF3N2O3. The summed E-state index contributed by atoms with van der Waals surface area (Å²) < 4.78 is 44.5. The Morgan fingerprint density at radius 1 is 1.27 bits per heavy atom. The number of hydrogen-bond acceptors (Lipinski definition) is 5. The normalized spacial score (nSPS) is 16.2. The fraction of sp³-hybridized carbons (Fsp3) is 0.333. The third-order valence-electron chi connectivity index (χ3n) is 3.85. The number of ether oxygens (including phenoxy) is 1. The van der Waals surface area contributed by atoms with Crippen LogP contribution in [0, 0.1) is 12.8 Å². The highest BCUT2D eigenvalue weighted by Crippen LogP contribution is 2.37. The average molecular weight is 445 g/mol. The summed E-state index contributed by atoms with van der Waals surface area (Å²) in [6.07, 6.45) is 4.83. The molecule has 0 saturated carbocycles. The Morgan fingerprint density at radius 3 is 2.50 bits per heavy atom. The van der Waals surface area contributed by atoms with Gasteiger partial charge in [0.1, 0.15) is 25.2 Å². The molecule has 0 aromatic heterocycles. The topological polar surface area (TPSA) is 59.9 Å². The minimum atomic E-state index is -4.49. The SMILES string of the molecule is CNC.CO/N=C(/C=O)C1C=CC=CC=C1COc1cc(C)c(C(F)(F)F)cc1Cl. The molecule has 1 atom stereocenters. The van der Waals surface area contributed by atoms with Gasteiger partial charge in [-0.25, -0.2) is 0 Å². The molecule has 0 saturated heterocycles. The minimum absolute atomic E-state index is 0.000442. The number of halogens is 4. The van der Waals surface area contributed by atoms with Gasteiger partial charge in [0.05, 0.1) is 16.5 Å². The Morgan fingerprint density at radius 2 is 1.93 bits per heavy atom. The first-order valence-electron chi connectivity index (χ1n) is 8.88. The van der Waals surface area contributed by atoms with E-state index in [1.165, 1.54) is 20.1 Å². The Balaban J connectivity index is 0.00000141. The molecule has 1 aromatic carbocycles. The van der Waals surface area contributed by atoms with Crippen LogP contribution in [0.25, 0.3) is 0 Å². The first kappa shape index (κ1) is 25.5. The number of nitrogens with one attached hydrogen (secondary N) is 1. The number of alkyl halides is 3. The summed E-state index contributed by atoms with van der Waals surface area (Å²) in [5.41, 5.74) is -0.00567. The zero-order chi connectivity index (χ0) is 22.7. The second kappa shape index (κ2) is 12.2. The number of hydrogen-bond donors (Lipinski definition) is 1. The van der Waals surface area contributed by atoms with Gasteiger partial charge in [-0.1, -0.05) is 47.1 Å². The van der Waals surface area contributed by atoms with Crippen LogP contribution in [0.5, 0.6) is 5.75 Å². The highest BCUT2D eigenvalue weighted by molar-refractivity contribution is 6.32. The molecule has 1 N–H and O–H groups in total. The zero-order valence-electron chi connectivity index (χ0n) is 17.1. The highest BCUT2D eigenvalue weighted by atomic mass is 35.5. The lowest BCUT2D eigenvalue weighted by atomic mass is 9.94. The highest BCUT2D eigenvalue weighted by Gasteiger charge is 2.33. The van der Waals surface area contributed by atoms with E-state index in [-0.39, 0.29) is 28.7 Å². The predicted molar refractivity (Wildman–Crippen MR) is 112 cm³/mol. The number of benzene rings is 1. The van der Waals surface area contributed by atoms with Crippen molar-refractivity contribution in [2.24, 2.45) is 11.1 Å². The van der Waals surface area contributed by atoms with E-state index < -0.39 is 17.7 Å². The number of rotatable bonds is 6. The first-order valence-corrected chi connectivity index (χ1v) is 9.26. The van der Waals surface area contributed by atoms with Crippen LogP contribution in [0.4, 0.5) is 13.2 Å². The molecule has 1 aromatic rings. The summed E-state index contributed by atoms with van der Waals surface area (Å²) in [6.45, 7) is 1.33. The third kappa shape index (κ3) is 7.35. The predicted octanol–water partition coefficient (Wildman–Crippen LogP) is 4.75. The quantitative estimate of drug-likeness (QED) is 0.391. The van der Waals surface area contributed by atoms with Crippen molar-refractivity contribution < 1.29 is 27.5 Å². The summed E-state index contributed by atoms with van der Waals surface area (Å²) >= 11 is 5.96. The summed E-state index contributed by atoms with van der Waals surface area (Å²) in [6, 6.07) is 2.08. The van der Waals surface area contributed by atoms with Crippen molar-refractivity contribution in [3.8, 4) is 5.75 Å². The maximum absolute atomic E-state index is 13.0. The number of nitrogens with zero attached hydrogens (tertiary/aromatic N) is 1. The van der Waals surface area contributed by atoms with E-state index in [2.05, 4.69) is 15.3 Å². The van der Waals surface area contributed by atoms with Gasteiger partial charge in [0.2, 0.25) is 0 Å². The molecule has 1 unspecified atom stereocenters. The molecule has 0 spiro atoms. The number of oxime groups is 1. The number of carbonyl (C=O) groups excluding carboxylic acids is 1. The molecule has 2 rings (SSSR count). The zero-order valence-corrected chi connectivity index (χ0v) is 17.8. The molecule has 0 aliphatic heterocycles. The summed E-state index contributed by atoms with van der Waals surface area (Å²) in [5.74, 6) is -0.373. The van der Waals surface area contributed by atoms with E-state index in [4.69, 9.17) is 16.3 Å². The van der Waals surface area contributed by atoms with E-state index in [1.54, 1.807) is 30.4 Å². The minimum Gasteiger partial charge on any atom is -0.488 e.